The zero-order valence-electron chi connectivity index (χ0n) is 68.7. The van der Waals surface area contributed by atoms with Crippen molar-refractivity contribution in [2.24, 2.45) is 0 Å². The summed E-state index contributed by atoms with van der Waals surface area (Å²) in [5.41, 5.74) is 0. The monoisotopic (exact) mass is 1590 g/mol. The molecule has 19 heteroatoms. The number of phosphoric acid groups is 2. The molecule has 0 heterocycles. The lowest BCUT2D eigenvalue weighted by atomic mass is 10.2. The van der Waals surface area contributed by atoms with E-state index < -0.39 is 97.5 Å². The average molecular weight is 1600 g/mol. The molecular weight excluding hydrogens is 1450 g/mol. The van der Waals surface area contributed by atoms with E-state index in [4.69, 9.17) is 37.0 Å². The summed E-state index contributed by atoms with van der Waals surface area (Å²) in [5, 5.41) is 10.7. The Balaban J connectivity index is 5.64. The van der Waals surface area contributed by atoms with Crippen molar-refractivity contribution in [2.45, 2.75) is 290 Å². The topological polar surface area (TPSA) is 237 Å². The molecule has 0 radical (unpaired) electrons. The summed E-state index contributed by atoms with van der Waals surface area (Å²) in [6.07, 6.45) is 106. The van der Waals surface area contributed by atoms with Gasteiger partial charge in [0.15, 0.2) is 12.2 Å². The summed E-state index contributed by atoms with van der Waals surface area (Å²) in [6, 6.07) is 0. The van der Waals surface area contributed by atoms with E-state index in [1.54, 1.807) is 0 Å². The number of aliphatic hydroxyl groups excluding tert-OH is 1. The Morgan fingerprint density at radius 3 is 0.714 bits per heavy atom. The quantitative estimate of drug-likeness (QED) is 0.0169. The molecule has 3 N–H and O–H groups in total. The van der Waals surface area contributed by atoms with E-state index >= 15 is 0 Å². The molecule has 0 aliphatic carbocycles. The van der Waals surface area contributed by atoms with Crippen molar-refractivity contribution in [3.8, 4) is 0 Å². The van der Waals surface area contributed by atoms with Crippen LogP contribution in [0.3, 0.4) is 0 Å². The predicted octanol–water partition coefficient (Wildman–Crippen LogP) is 25.0. The zero-order chi connectivity index (χ0) is 81.7. The van der Waals surface area contributed by atoms with Gasteiger partial charge in [0.1, 0.15) is 19.3 Å². The molecule has 0 saturated heterocycles. The summed E-state index contributed by atoms with van der Waals surface area (Å²) < 4.78 is 68.4. The van der Waals surface area contributed by atoms with Crippen molar-refractivity contribution in [1.82, 2.24) is 0 Å². The summed E-state index contributed by atoms with van der Waals surface area (Å²) in [4.78, 5) is 73.1. The molecule has 0 bridgehead atoms. The molecule has 0 amide bonds. The smallest absolute Gasteiger partial charge is 0.462 e. The van der Waals surface area contributed by atoms with Gasteiger partial charge in [-0.2, -0.15) is 0 Å². The summed E-state index contributed by atoms with van der Waals surface area (Å²) in [7, 11) is -10.1. The van der Waals surface area contributed by atoms with Crippen LogP contribution in [0.5, 0.6) is 0 Å². The van der Waals surface area contributed by atoms with Crippen molar-refractivity contribution >= 4 is 39.5 Å². The largest absolute Gasteiger partial charge is 0.472 e. The molecule has 0 aromatic carbocycles. The highest BCUT2D eigenvalue weighted by Gasteiger charge is 2.30. The van der Waals surface area contributed by atoms with Gasteiger partial charge in [0.25, 0.3) is 0 Å². The Bertz CT molecular complexity index is 3030. The third kappa shape index (κ3) is 81.1. The minimum absolute atomic E-state index is 0.00991. The summed E-state index contributed by atoms with van der Waals surface area (Å²) >= 11 is 0. The van der Waals surface area contributed by atoms with Crippen LogP contribution in [-0.4, -0.2) is 96.7 Å². The van der Waals surface area contributed by atoms with Gasteiger partial charge in [0, 0.05) is 25.7 Å². The van der Waals surface area contributed by atoms with Crippen LogP contribution in [0, 0.1) is 0 Å². The zero-order valence-corrected chi connectivity index (χ0v) is 70.5. The number of esters is 4. The SMILES string of the molecule is CC/C=C\C/C=C\C/C=C\C/C=C\C/C=C\C/C=C\CCC(=O)OC[C@H](COP(=O)(O)OC[C@@H](O)COP(=O)(O)OC[C@@H](COC(=O)CC/C=C\C/C=C\C/C=C\C/C=C\C/C=C\CCCCC)OC(=O)CCC/C=C\C/C=C\C/C=C\C/C=C\CCCCC)OC(=O)CCC/C=C\C/C=C\C/C=C\C/C=C\CCCCC. The van der Waals surface area contributed by atoms with Gasteiger partial charge in [0.2, 0.25) is 0 Å². The molecule has 0 spiro atoms. The van der Waals surface area contributed by atoms with Crippen molar-refractivity contribution in [3.63, 3.8) is 0 Å². The normalized spacial score (nSPS) is 15.0. The van der Waals surface area contributed by atoms with E-state index in [1.807, 2.05) is 60.8 Å². The highest BCUT2D eigenvalue weighted by molar-refractivity contribution is 7.47. The van der Waals surface area contributed by atoms with Crippen LogP contribution in [0.1, 0.15) is 272 Å². The standard InChI is InChI=1S/C93H144O17P2/c1-5-9-13-17-21-25-29-33-37-41-43-47-49-53-57-61-65-69-73-77-90(95)103-83-88(109-92(97)79-75-71-67-63-59-55-51-45-39-35-31-27-23-19-15-11-7-3)85-107-111(99,100)105-81-87(94)82-106-112(101,102)108-86-89(110-93(98)80-76-72-68-64-60-56-52-46-40-36-32-28-24-20-16-12-8-4)84-104-91(96)78-74-70-66-62-58-54-50-48-44-42-38-34-30-26-22-18-14-10-6-2/h9,13,21-28,33-40,43-44,47-48,51-58,63-70,87-89,94H,5-8,10-12,14-20,29-32,41-42,45-46,49-50,59-62,71-86H2,1-4H3,(H,99,100)(H,101,102)/b13-9-,25-21-,26-22-,27-23-,28-24-,37-33-,38-34-,39-35-,40-36-,47-43-,48-44-,55-51-,56-52-,57-53-,58-54-,67-63-,68-64-,69-65-,70-66-/t87-,88-,89-/m1/s1. The molecule has 0 saturated carbocycles. The summed E-state index contributed by atoms with van der Waals surface area (Å²) in [6.45, 7) is 4.34. The van der Waals surface area contributed by atoms with Crippen LogP contribution in [0.15, 0.2) is 231 Å². The van der Waals surface area contributed by atoms with Gasteiger partial charge >= 0.3 is 39.5 Å². The van der Waals surface area contributed by atoms with E-state index in [9.17, 15) is 43.2 Å². The fraction of sp³-hybridized carbons (Fsp3) is 0.548. The van der Waals surface area contributed by atoms with Gasteiger partial charge in [-0.05, 0) is 180 Å². The molecular formula is C93H144O17P2. The highest BCUT2D eigenvalue weighted by Crippen LogP contribution is 2.45. The number of aliphatic hydroxyl groups is 1. The molecule has 0 rings (SSSR count). The number of hydrogen-bond acceptors (Lipinski definition) is 15. The van der Waals surface area contributed by atoms with Gasteiger partial charge in [-0.3, -0.25) is 37.3 Å². The lowest BCUT2D eigenvalue weighted by molar-refractivity contribution is -0.161. The molecule has 0 fully saturated rings. The first kappa shape index (κ1) is 105. The number of rotatable bonds is 75. The lowest BCUT2D eigenvalue weighted by Crippen LogP contribution is -2.30. The molecule has 0 aliphatic rings. The second kappa shape index (κ2) is 82.1. The fourth-order valence-corrected chi connectivity index (χ4v) is 11.4. The number of ether oxygens (including phenoxy) is 4. The number of hydrogen-bond donors (Lipinski definition) is 3. The van der Waals surface area contributed by atoms with Crippen molar-refractivity contribution < 1.29 is 80.2 Å². The predicted molar refractivity (Wildman–Crippen MR) is 463 cm³/mol. The van der Waals surface area contributed by atoms with Crippen LogP contribution in [0.25, 0.3) is 0 Å². The first-order valence-electron chi connectivity index (χ1n) is 41.6. The Labute approximate surface area is 676 Å². The second-order valence-corrected chi connectivity index (χ2v) is 29.5. The van der Waals surface area contributed by atoms with E-state index in [2.05, 4.69) is 198 Å². The van der Waals surface area contributed by atoms with Crippen LogP contribution >= 0.6 is 15.6 Å². The Morgan fingerprint density at radius 2 is 0.473 bits per heavy atom. The van der Waals surface area contributed by atoms with Crippen molar-refractivity contribution in [2.75, 3.05) is 39.6 Å². The number of carbonyl (C=O) groups is 4. The number of phosphoric ester groups is 2. The Hall–Kier alpha value is -6.88. The van der Waals surface area contributed by atoms with Gasteiger partial charge in [-0.15, -0.1) is 0 Å². The van der Waals surface area contributed by atoms with Crippen LogP contribution < -0.4 is 0 Å². The van der Waals surface area contributed by atoms with E-state index in [-0.39, 0.29) is 25.7 Å². The molecule has 17 nitrogen and oxygen atoms in total. The Morgan fingerprint density at radius 1 is 0.259 bits per heavy atom. The van der Waals surface area contributed by atoms with Crippen LogP contribution in [-0.2, 0) is 65.4 Å². The maximum absolute atomic E-state index is 13.1. The van der Waals surface area contributed by atoms with E-state index in [0.717, 1.165) is 109 Å². The highest BCUT2D eigenvalue weighted by atomic mass is 31.2. The molecule has 2 unspecified atom stereocenters. The third-order valence-electron chi connectivity index (χ3n) is 16.1. The molecule has 112 heavy (non-hydrogen) atoms. The third-order valence-corrected chi connectivity index (χ3v) is 18.0. The average Bonchev–Trinajstić information content (AvgIpc) is 0.895. The molecule has 0 aromatic heterocycles. The molecule has 5 atom stereocenters. The maximum Gasteiger partial charge on any atom is 0.472 e. The fourth-order valence-electron chi connectivity index (χ4n) is 9.80. The number of carbonyl (C=O) groups excluding carboxylic acids is 4. The number of allylic oxidation sites excluding steroid dienone is 38. The van der Waals surface area contributed by atoms with Crippen LogP contribution in [0.4, 0.5) is 0 Å². The van der Waals surface area contributed by atoms with E-state index in [0.29, 0.717) is 51.4 Å². The van der Waals surface area contributed by atoms with E-state index in [1.165, 1.54) is 57.8 Å². The first-order valence-corrected chi connectivity index (χ1v) is 44.6. The molecule has 0 aliphatic heterocycles. The summed E-state index contributed by atoms with van der Waals surface area (Å²) in [5.74, 6) is -2.53. The minimum Gasteiger partial charge on any atom is -0.462 e. The van der Waals surface area contributed by atoms with Gasteiger partial charge < -0.3 is 33.8 Å². The Kier molecular flexibility index (Phi) is 77.1. The van der Waals surface area contributed by atoms with Gasteiger partial charge in [-0.25, -0.2) is 9.13 Å². The first-order chi connectivity index (χ1) is 54.7. The minimum atomic E-state index is -5.04. The van der Waals surface area contributed by atoms with Crippen molar-refractivity contribution in [3.05, 3.63) is 231 Å². The van der Waals surface area contributed by atoms with Crippen molar-refractivity contribution in [1.29, 1.82) is 0 Å². The maximum atomic E-state index is 13.1. The second-order valence-electron chi connectivity index (χ2n) is 26.6. The van der Waals surface area contributed by atoms with Gasteiger partial charge in [0.05, 0.1) is 26.4 Å². The number of unbranched alkanes of at least 4 members (excludes halogenated alkanes) is 11. The lowest BCUT2D eigenvalue weighted by Gasteiger charge is -2.21. The molecule has 628 valence electrons. The van der Waals surface area contributed by atoms with Crippen LogP contribution in [0.2, 0.25) is 0 Å². The van der Waals surface area contributed by atoms with Gasteiger partial charge in [-0.1, -0.05) is 297 Å². The molecule has 0 aromatic rings.